The first-order valence-electron chi connectivity index (χ1n) is 16.4. The molecule has 4 saturated carbocycles. The Bertz CT molecular complexity index is 1550. The highest BCUT2D eigenvalue weighted by Gasteiger charge is 2.72. The lowest BCUT2D eigenvalue weighted by Gasteiger charge is -2.72. The maximum Gasteiger partial charge on any atom is 0.178 e. The number of carbonyl (C=O) groups excluding carboxylic acids is 2. The summed E-state index contributed by atoms with van der Waals surface area (Å²) >= 11 is 0. The number of ketones is 2. The number of benzene rings is 1. The van der Waals surface area contributed by atoms with Crippen LogP contribution >= 0.6 is 0 Å². The van der Waals surface area contributed by atoms with Gasteiger partial charge in [0, 0.05) is 17.8 Å². The third kappa shape index (κ3) is 4.15. The Morgan fingerprint density at radius 3 is 2.16 bits per heavy atom. The molecule has 0 aliphatic heterocycles. The number of nitrogens with zero attached hydrogens (tertiary/aromatic N) is 1. The molecule has 4 fully saturated rings. The molecule has 8 atom stereocenters. The molecule has 0 N–H and O–H groups in total. The van der Waals surface area contributed by atoms with E-state index in [9.17, 15) is 23.3 Å². The molecule has 232 valence electrons. The highest BCUT2D eigenvalue weighted by Crippen LogP contribution is 2.76. The Labute approximate surface area is 258 Å². The molecule has 0 radical (unpaired) electrons. The van der Waals surface area contributed by atoms with Crippen molar-refractivity contribution in [1.82, 2.24) is 0 Å². The summed E-state index contributed by atoms with van der Waals surface area (Å²) in [4.78, 5) is 28.5. The Morgan fingerprint density at radius 1 is 0.860 bits per heavy atom. The Hall–Kier alpha value is -2.26. The van der Waals surface area contributed by atoms with E-state index in [1.807, 2.05) is 26.0 Å². The lowest BCUT2D eigenvalue weighted by atomic mass is 9.31. The maximum atomic E-state index is 14.8. The molecule has 5 aliphatic rings. The van der Waals surface area contributed by atoms with Gasteiger partial charge in [0.05, 0.1) is 16.2 Å². The molecule has 1 aromatic rings. The standard InChI is InChI=1S/C37H49NO4S/c1-32(2)15-17-37(23-43(41,42)25-11-9-8-10-12-25)18-16-36(7)30(26(37)21-32)27(39)19-29-34(5)20-24(22-38)31(40)33(3,4)28(34)13-14-35(29,36)6/h8-12,20,26,28-30H,13-19,21,23H2,1-7H3/t26-,28+,29-,30?,34+,35-,36-,37-/m1/s1. The molecule has 1 unspecified atom stereocenters. The van der Waals surface area contributed by atoms with Crippen molar-refractivity contribution in [2.45, 2.75) is 105 Å². The second-order valence-corrected chi connectivity index (χ2v) is 19.1. The predicted molar refractivity (Wildman–Crippen MR) is 167 cm³/mol. The van der Waals surface area contributed by atoms with E-state index in [4.69, 9.17) is 0 Å². The fourth-order valence-corrected chi connectivity index (χ4v) is 13.8. The average Bonchev–Trinajstić information content (AvgIpc) is 2.93. The van der Waals surface area contributed by atoms with Gasteiger partial charge in [0.15, 0.2) is 15.6 Å². The molecular formula is C37H49NO4S. The SMILES string of the molecule is CC1(C)CC[C@]2(CS(=O)(=O)c3ccccc3)CC[C@]3(C)C(C(=O)C[C@@H]4[C@@]5(C)C=C(C#N)C(=O)C(C)(C)[C@@H]5CC[C@]43C)[C@H]2C1. The zero-order valence-electron chi connectivity index (χ0n) is 27.1. The van der Waals surface area contributed by atoms with E-state index in [0.717, 1.165) is 44.9 Å². The van der Waals surface area contributed by atoms with Gasteiger partial charge >= 0.3 is 0 Å². The van der Waals surface area contributed by atoms with E-state index >= 15 is 0 Å². The van der Waals surface area contributed by atoms with Gasteiger partial charge < -0.3 is 0 Å². The van der Waals surface area contributed by atoms with Crippen LogP contribution in [-0.4, -0.2) is 25.7 Å². The van der Waals surface area contributed by atoms with Gasteiger partial charge in [-0.05, 0) is 102 Å². The van der Waals surface area contributed by atoms with Crippen LogP contribution in [0.3, 0.4) is 0 Å². The molecule has 6 rings (SSSR count). The lowest BCUT2D eigenvalue weighted by molar-refractivity contribution is -0.220. The monoisotopic (exact) mass is 603 g/mol. The minimum Gasteiger partial charge on any atom is -0.299 e. The molecule has 6 heteroatoms. The molecule has 0 heterocycles. The van der Waals surface area contributed by atoms with Crippen LogP contribution in [0.25, 0.3) is 0 Å². The number of hydrogen-bond donors (Lipinski definition) is 0. The first kappa shape index (κ1) is 30.8. The van der Waals surface area contributed by atoms with Crippen LogP contribution < -0.4 is 0 Å². The van der Waals surface area contributed by atoms with Gasteiger partial charge in [0.2, 0.25) is 0 Å². The second kappa shape index (κ2) is 9.38. The Kier molecular flexibility index (Phi) is 6.71. The number of nitriles is 1. The number of hydrogen-bond acceptors (Lipinski definition) is 5. The molecule has 1 aromatic carbocycles. The number of allylic oxidation sites excluding steroid dienone is 2. The van der Waals surface area contributed by atoms with Crippen molar-refractivity contribution in [3.05, 3.63) is 42.0 Å². The molecule has 5 aliphatic carbocycles. The lowest BCUT2D eigenvalue weighted by Crippen LogP contribution is -2.69. The summed E-state index contributed by atoms with van der Waals surface area (Å²) in [6.45, 7) is 15.5. The fourth-order valence-electron chi connectivity index (χ4n) is 11.8. The van der Waals surface area contributed by atoms with E-state index in [2.05, 4.69) is 40.7 Å². The first-order chi connectivity index (χ1) is 19.9. The van der Waals surface area contributed by atoms with Crippen molar-refractivity contribution in [1.29, 1.82) is 5.26 Å². The number of rotatable bonds is 3. The summed E-state index contributed by atoms with van der Waals surface area (Å²) < 4.78 is 27.8. The summed E-state index contributed by atoms with van der Waals surface area (Å²) in [6.07, 6.45) is 8.52. The van der Waals surface area contributed by atoms with Crippen LogP contribution in [0.4, 0.5) is 0 Å². The van der Waals surface area contributed by atoms with Crippen molar-refractivity contribution in [3.8, 4) is 6.07 Å². The van der Waals surface area contributed by atoms with Gasteiger partial charge in [-0.2, -0.15) is 5.26 Å². The molecule has 0 bridgehead atoms. The van der Waals surface area contributed by atoms with Gasteiger partial charge in [-0.25, -0.2) is 8.42 Å². The molecular weight excluding hydrogens is 554 g/mol. The fraction of sp³-hybridized carbons (Fsp3) is 0.703. The van der Waals surface area contributed by atoms with Crippen LogP contribution in [0.15, 0.2) is 46.9 Å². The van der Waals surface area contributed by atoms with Crippen molar-refractivity contribution >= 4 is 21.4 Å². The van der Waals surface area contributed by atoms with E-state index in [0.29, 0.717) is 11.3 Å². The number of Topliss-reactive ketones (excluding diaryl/α,β-unsaturated/α-hetero) is 2. The highest BCUT2D eigenvalue weighted by atomic mass is 32.2. The highest BCUT2D eigenvalue weighted by molar-refractivity contribution is 7.91. The molecule has 0 amide bonds. The molecule has 0 spiro atoms. The summed E-state index contributed by atoms with van der Waals surface area (Å²) in [5.41, 5.74) is -1.67. The Morgan fingerprint density at radius 2 is 1.51 bits per heavy atom. The van der Waals surface area contributed by atoms with Crippen molar-refractivity contribution in [2.75, 3.05) is 5.75 Å². The minimum absolute atomic E-state index is 0.0128. The minimum atomic E-state index is -3.53. The zero-order valence-corrected chi connectivity index (χ0v) is 27.9. The van der Waals surface area contributed by atoms with E-state index in [-0.39, 0.29) is 62.8 Å². The topological polar surface area (TPSA) is 92.1 Å². The largest absolute Gasteiger partial charge is 0.299 e. The van der Waals surface area contributed by atoms with Crippen LogP contribution in [0, 0.1) is 67.5 Å². The number of fused-ring (bicyclic) bond motifs is 7. The van der Waals surface area contributed by atoms with Crippen molar-refractivity contribution < 1.29 is 18.0 Å². The average molecular weight is 604 g/mol. The van der Waals surface area contributed by atoms with Gasteiger partial charge in [0.25, 0.3) is 0 Å². The normalized spacial score (nSPS) is 43.3. The van der Waals surface area contributed by atoms with E-state index < -0.39 is 26.1 Å². The third-order valence-electron chi connectivity index (χ3n) is 14.2. The van der Waals surface area contributed by atoms with Crippen LogP contribution in [0.5, 0.6) is 0 Å². The van der Waals surface area contributed by atoms with Crippen molar-refractivity contribution in [3.63, 3.8) is 0 Å². The summed E-state index contributed by atoms with van der Waals surface area (Å²) in [7, 11) is -3.53. The van der Waals surface area contributed by atoms with Gasteiger partial charge in [-0.1, -0.05) is 72.7 Å². The smallest absolute Gasteiger partial charge is 0.178 e. The second-order valence-electron chi connectivity index (χ2n) is 17.1. The number of carbonyl (C=O) groups is 2. The quantitative estimate of drug-likeness (QED) is 0.352. The Balaban J connectivity index is 1.45. The molecule has 5 nitrogen and oxygen atoms in total. The zero-order chi connectivity index (χ0) is 31.4. The van der Waals surface area contributed by atoms with E-state index in [1.54, 1.807) is 24.3 Å². The third-order valence-corrected chi connectivity index (χ3v) is 16.2. The van der Waals surface area contributed by atoms with E-state index in [1.165, 1.54) is 0 Å². The number of sulfone groups is 1. The summed E-state index contributed by atoms with van der Waals surface area (Å²) in [5.74, 6) is 0.235. The van der Waals surface area contributed by atoms with Crippen LogP contribution in [-0.2, 0) is 19.4 Å². The van der Waals surface area contributed by atoms with Crippen LogP contribution in [0.1, 0.15) is 99.8 Å². The van der Waals surface area contributed by atoms with Gasteiger partial charge in [-0.3, -0.25) is 9.59 Å². The van der Waals surface area contributed by atoms with Gasteiger partial charge in [-0.15, -0.1) is 0 Å². The van der Waals surface area contributed by atoms with Crippen LogP contribution in [0.2, 0.25) is 0 Å². The van der Waals surface area contributed by atoms with Crippen molar-refractivity contribution in [2.24, 2.45) is 56.2 Å². The van der Waals surface area contributed by atoms with Gasteiger partial charge in [0.1, 0.15) is 11.9 Å². The maximum absolute atomic E-state index is 14.8. The molecule has 0 saturated heterocycles. The summed E-state index contributed by atoms with van der Waals surface area (Å²) in [5, 5.41) is 9.98. The molecule has 43 heavy (non-hydrogen) atoms. The summed E-state index contributed by atoms with van der Waals surface area (Å²) in [6, 6.07) is 11.0. The molecule has 0 aromatic heterocycles. The first-order valence-corrected chi connectivity index (χ1v) is 18.0. The predicted octanol–water partition coefficient (Wildman–Crippen LogP) is 7.76.